The molecule has 2 N–H and O–H groups in total. The van der Waals surface area contributed by atoms with Gasteiger partial charge < -0.3 is 10.4 Å². The Bertz CT molecular complexity index is 566. The minimum Gasteiger partial charge on any atom is -0.479 e. The van der Waals surface area contributed by atoms with Crippen molar-refractivity contribution < 1.29 is 9.90 Å². The Balaban J connectivity index is 2.36. The monoisotopic (exact) mass is 256 g/mol. The van der Waals surface area contributed by atoms with Crippen molar-refractivity contribution in [3.05, 3.63) is 59.9 Å². The van der Waals surface area contributed by atoms with Crippen LogP contribution in [0.4, 0.5) is 5.69 Å². The third kappa shape index (κ3) is 2.73. The van der Waals surface area contributed by atoms with Gasteiger partial charge in [0.2, 0.25) is 0 Å². The predicted octanol–water partition coefficient (Wildman–Crippen LogP) is 2.80. The maximum Gasteiger partial charge on any atom is 0.333 e. The quantitative estimate of drug-likeness (QED) is 0.883. The van der Waals surface area contributed by atoms with Gasteiger partial charge in [0, 0.05) is 23.6 Å². The normalized spacial score (nSPS) is 13.6. The number of carboxylic acid groups (broad SMARTS) is 1. The smallest absolute Gasteiger partial charge is 0.333 e. The van der Waals surface area contributed by atoms with Crippen molar-refractivity contribution in [1.29, 1.82) is 0 Å². The summed E-state index contributed by atoms with van der Waals surface area (Å²) in [4.78, 5) is 15.6. The Morgan fingerprint density at radius 3 is 2.47 bits per heavy atom. The number of rotatable bonds is 4. The highest BCUT2D eigenvalue weighted by atomic mass is 16.4. The van der Waals surface area contributed by atoms with Gasteiger partial charge >= 0.3 is 5.97 Å². The fourth-order valence-electron chi connectivity index (χ4n) is 1.83. The summed E-state index contributed by atoms with van der Waals surface area (Å²) in [5.74, 6) is -0.943. The number of benzene rings is 1. The predicted molar refractivity (Wildman–Crippen MR) is 74.0 cm³/mol. The molecule has 98 valence electrons. The highest BCUT2D eigenvalue weighted by Gasteiger charge is 2.35. The number of nitrogens with zero attached hydrogens (tertiary/aromatic N) is 1. The molecule has 0 saturated carbocycles. The van der Waals surface area contributed by atoms with Crippen molar-refractivity contribution in [2.45, 2.75) is 19.4 Å². The van der Waals surface area contributed by atoms with Gasteiger partial charge in [-0.3, -0.25) is 4.98 Å². The van der Waals surface area contributed by atoms with E-state index in [1.165, 1.54) is 0 Å². The fourth-order valence-corrected chi connectivity index (χ4v) is 1.83. The fraction of sp³-hybridized carbons (Fsp3) is 0.200. The molecule has 1 unspecified atom stereocenters. The van der Waals surface area contributed by atoms with Crippen LogP contribution in [0, 0.1) is 6.92 Å². The number of hydrogen-bond donors (Lipinski definition) is 2. The van der Waals surface area contributed by atoms with E-state index in [0.717, 1.165) is 11.3 Å². The highest BCUT2D eigenvalue weighted by Crippen LogP contribution is 2.26. The van der Waals surface area contributed by atoms with Crippen LogP contribution in [0.15, 0.2) is 48.8 Å². The van der Waals surface area contributed by atoms with Crippen molar-refractivity contribution in [1.82, 2.24) is 4.98 Å². The first-order valence-corrected chi connectivity index (χ1v) is 6.01. The molecule has 2 rings (SSSR count). The second kappa shape index (κ2) is 5.10. The highest BCUT2D eigenvalue weighted by molar-refractivity contribution is 5.84. The molecule has 19 heavy (non-hydrogen) atoms. The molecule has 0 spiro atoms. The van der Waals surface area contributed by atoms with Crippen LogP contribution >= 0.6 is 0 Å². The van der Waals surface area contributed by atoms with Crippen LogP contribution in [-0.2, 0) is 10.3 Å². The summed E-state index contributed by atoms with van der Waals surface area (Å²) in [6.45, 7) is 3.62. The van der Waals surface area contributed by atoms with Gasteiger partial charge in [0.05, 0.1) is 0 Å². The summed E-state index contributed by atoms with van der Waals surface area (Å²) in [5, 5.41) is 12.6. The van der Waals surface area contributed by atoms with Crippen LogP contribution < -0.4 is 5.32 Å². The molecule has 4 heteroatoms. The minimum atomic E-state index is -1.20. The first-order chi connectivity index (χ1) is 9.02. The zero-order chi connectivity index (χ0) is 13.9. The Morgan fingerprint density at radius 1 is 1.26 bits per heavy atom. The lowest BCUT2D eigenvalue weighted by molar-refractivity contribution is -0.142. The van der Waals surface area contributed by atoms with Crippen LogP contribution in [0.2, 0.25) is 0 Å². The van der Waals surface area contributed by atoms with Crippen molar-refractivity contribution in [2.75, 3.05) is 5.32 Å². The number of aliphatic carboxylic acids is 1. The number of hydrogen-bond acceptors (Lipinski definition) is 3. The van der Waals surface area contributed by atoms with E-state index in [1.54, 1.807) is 31.5 Å². The first kappa shape index (κ1) is 13.1. The van der Waals surface area contributed by atoms with Gasteiger partial charge in [0.1, 0.15) is 0 Å². The molecule has 1 aromatic heterocycles. The van der Waals surface area contributed by atoms with Gasteiger partial charge in [0.15, 0.2) is 5.54 Å². The number of carboxylic acids is 1. The molecule has 0 saturated heterocycles. The molecule has 1 aromatic carbocycles. The van der Waals surface area contributed by atoms with E-state index in [2.05, 4.69) is 10.3 Å². The number of pyridine rings is 1. The summed E-state index contributed by atoms with van der Waals surface area (Å²) in [6, 6.07) is 11.1. The maximum absolute atomic E-state index is 11.6. The number of anilines is 1. The van der Waals surface area contributed by atoms with Gasteiger partial charge in [0.25, 0.3) is 0 Å². The number of aromatic nitrogens is 1. The molecule has 0 bridgehead atoms. The largest absolute Gasteiger partial charge is 0.479 e. The first-order valence-electron chi connectivity index (χ1n) is 6.01. The third-order valence-electron chi connectivity index (χ3n) is 3.11. The summed E-state index contributed by atoms with van der Waals surface area (Å²) >= 11 is 0. The third-order valence-corrected chi connectivity index (χ3v) is 3.11. The Morgan fingerprint density at radius 2 is 1.95 bits per heavy atom. The molecule has 4 nitrogen and oxygen atoms in total. The van der Waals surface area contributed by atoms with Crippen LogP contribution in [0.5, 0.6) is 0 Å². The Kier molecular flexibility index (Phi) is 3.51. The van der Waals surface area contributed by atoms with Gasteiger partial charge in [-0.1, -0.05) is 23.8 Å². The van der Waals surface area contributed by atoms with Crippen molar-refractivity contribution in [3.8, 4) is 0 Å². The van der Waals surface area contributed by atoms with Crippen molar-refractivity contribution in [2.24, 2.45) is 0 Å². The zero-order valence-electron chi connectivity index (χ0n) is 10.9. The van der Waals surface area contributed by atoms with Gasteiger partial charge in [-0.2, -0.15) is 0 Å². The van der Waals surface area contributed by atoms with Crippen LogP contribution in [-0.4, -0.2) is 16.1 Å². The number of nitrogens with one attached hydrogen (secondary N) is 1. The molecular weight excluding hydrogens is 240 g/mol. The van der Waals surface area contributed by atoms with Crippen molar-refractivity contribution in [3.63, 3.8) is 0 Å². The van der Waals surface area contributed by atoms with Crippen molar-refractivity contribution >= 4 is 11.7 Å². The van der Waals surface area contributed by atoms with E-state index >= 15 is 0 Å². The molecule has 0 aliphatic rings. The molecule has 1 atom stereocenters. The van der Waals surface area contributed by atoms with E-state index in [0.29, 0.717) is 5.56 Å². The SMILES string of the molecule is Cc1ccc(NC(C)(C(=O)O)c2cccnc2)cc1. The average Bonchev–Trinajstić information content (AvgIpc) is 2.42. The molecule has 0 aliphatic carbocycles. The number of aryl methyl sites for hydroxylation is 1. The van der Waals surface area contributed by atoms with Crippen LogP contribution in [0.3, 0.4) is 0 Å². The Hall–Kier alpha value is -2.36. The lowest BCUT2D eigenvalue weighted by Gasteiger charge is -2.27. The second-order valence-electron chi connectivity index (χ2n) is 4.66. The van der Waals surface area contributed by atoms with E-state index in [4.69, 9.17) is 0 Å². The summed E-state index contributed by atoms with van der Waals surface area (Å²) < 4.78 is 0. The summed E-state index contributed by atoms with van der Waals surface area (Å²) in [6.07, 6.45) is 3.19. The molecule has 2 aromatic rings. The van der Waals surface area contributed by atoms with E-state index in [1.807, 2.05) is 31.2 Å². The van der Waals surface area contributed by atoms with E-state index in [-0.39, 0.29) is 0 Å². The summed E-state index contributed by atoms with van der Waals surface area (Å²) in [7, 11) is 0. The lowest BCUT2D eigenvalue weighted by Crippen LogP contribution is -2.40. The van der Waals surface area contributed by atoms with Gasteiger partial charge in [-0.25, -0.2) is 4.79 Å². The van der Waals surface area contributed by atoms with Crippen LogP contribution in [0.25, 0.3) is 0 Å². The van der Waals surface area contributed by atoms with Crippen LogP contribution in [0.1, 0.15) is 18.1 Å². The molecular formula is C15H16N2O2. The zero-order valence-corrected chi connectivity index (χ0v) is 10.9. The standard InChI is InChI=1S/C15H16N2O2/c1-11-5-7-13(8-6-11)17-15(2,14(18)19)12-4-3-9-16-10-12/h3-10,17H,1-2H3,(H,18,19). The van der Waals surface area contributed by atoms with E-state index in [9.17, 15) is 9.90 Å². The Labute approximate surface area is 112 Å². The molecule has 0 amide bonds. The molecule has 0 radical (unpaired) electrons. The second-order valence-corrected chi connectivity index (χ2v) is 4.66. The van der Waals surface area contributed by atoms with E-state index < -0.39 is 11.5 Å². The minimum absolute atomic E-state index is 0.614. The lowest BCUT2D eigenvalue weighted by atomic mass is 9.93. The molecule has 0 aliphatic heterocycles. The maximum atomic E-state index is 11.6. The number of carbonyl (C=O) groups is 1. The van der Waals surface area contributed by atoms with Gasteiger partial charge in [-0.05, 0) is 32.0 Å². The topological polar surface area (TPSA) is 62.2 Å². The molecule has 1 heterocycles. The van der Waals surface area contributed by atoms with Gasteiger partial charge in [-0.15, -0.1) is 0 Å². The summed E-state index contributed by atoms with van der Waals surface area (Å²) in [5.41, 5.74) is 1.30. The average molecular weight is 256 g/mol. The molecule has 0 fully saturated rings.